The Morgan fingerprint density at radius 1 is 1.03 bits per heavy atom. The van der Waals surface area contributed by atoms with Crippen LogP contribution in [0.25, 0.3) is 11.5 Å². The predicted octanol–water partition coefficient (Wildman–Crippen LogP) is 4.99. The van der Waals surface area contributed by atoms with Crippen LogP contribution in [0.5, 0.6) is 0 Å². The number of carbonyl (C=O) groups excluding carboxylic acids is 1. The van der Waals surface area contributed by atoms with Crippen molar-refractivity contribution in [3.8, 4) is 11.5 Å². The van der Waals surface area contributed by atoms with Crippen molar-refractivity contribution < 1.29 is 13.6 Å². The van der Waals surface area contributed by atoms with Crippen molar-refractivity contribution in [1.29, 1.82) is 0 Å². The first-order chi connectivity index (χ1) is 14.7. The average molecular weight is 427 g/mol. The lowest BCUT2D eigenvalue weighted by Crippen LogP contribution is -2.23. The zero-order valence-electron chi connectivity index (χ0n) is 16.5. The van der Waals surface area contributed by atoms with Crippen molar-refractivity contribution in [2.75, 3.05) is 29.1 Å². The molecule has 0 bridgehead atoms. The second kappa shape index (κ2) is 9.75. The minimum Gasteiger partial charge on any atom is -0.411 e. The first-order valence-corrected chi connectivity index (χ1v) is 11.0. The number of benzene rings is 2. The van der Waals surface area contributed by atoms with E-state index in [4.69, 9.17) is 4.42 Å². The molecule has 0 atom stereocenters. The Balaban J connectivity index is 1.29. The molecule has 1 aliphatic heterocycles. The van der Waals surface area contributed by atoms with E-state index in [1.807, 2.05) is 24.3 Å². The molecule has 0 unspecified atom stereocenters. The number of aromatic nitrogens is 2. The molecule has 2 heterocycles. The van der Waals surface area contributed by atoms with Crippen molar-refractivity contribution >= 4 is 29.0 Å². The highest BCUT2D eigenvalue weighted by Gasteiger charge is 2.14. The lowest BCUT2D eigenvalue weighted by atomic mass is 10.2. The van der Waals surface area contributed by atoms with Crippen LogP contribution in [0.1, 0.15) is 25.7 Å². The van der Waals surface area contributed by atoms with Crippen LogP contribution in [0.3, 0.4) is 0 Å². The standard InChI is InChI=1S/C22H23FN4O2S/c23-19-8-4-3-7-18(19)21-25-26-22(29-21)30-15-20(28)24-16-9-11-17(12-10-16)27-13-5-1-2-6-14-27/h3-4,7-12H,1-2,5-6,13-15H2,(H,24,28). The van der Waals surface area contributed by atoms with Gasteiger partial charge in [0.25, 0.3) is 11.1 Å². The molecule has 1 fully saturated rings. The Hall–Kier alpha value is -2.87. The molecule has 2 aromatic carbocycles. The molecule has 8 heteroatoms. The molecule has 1 saturated heterocycles. The fourth-order valence-corrected chi connectivity index (χ4v) is 3.98. The van der Waals surface area contributed by atoms with Crippen molar-refractivity contribution in [2.45, 2.75) is 30.9 Å². The normalized spacial score (nSPS) is 14.4. The van der Waals surface area contributed by atoms with Crippen LogP contribution in [0.4, 0.5) is 15.8 Å². The lowest BCUT2D eigenvalue weighted by Gasteiger charge is -2.22. The number of hydrogen-bond acceptors (Lipinski definition) is 6. The van der Waals surface area contributed by atoms with E-state index in [1.54, 1.807) is 18.2 Å². The van der Waals surface area contributed by atoms with Gasteiger partial charge in [-0.2, -0.15) is 0 Å². The third kappa shape index (κ3) is 5.18. The quantitative estimate of drug-likeness (QED) is 0.560. The van der Waals surface area contributed by atoms with Crippen molar-refractivity contribution in [3.05, 3.63) is 54.3 Å². The fourth-order valence-electron chi connectivity index (χ4n) is 3.42. The summed E-state index contributed by atoms with van der Waals surface area (Å²) in [6, 6.07) is 14.1. The number of hydrogen-bond donors (Lipinski definition) is 1. The van der Waals surface area contributed by atoms with Gasteiger partial charge in [-0.25, -0.2) is 4.39 Å². The van der Waals surface area contributed by atoms with E-state index >= 15 is 0 Å². The van der Waals surface area contributed by atoms with E-state index < -0.39 is 5.82 Å². The first-order valence-electron chi connectivity index (χ1n) is 10.0. The highest BCUT2D eigenvalue weighted by atomic mass is 32.2. The molecule has 0 saturated carbocycles. The summed E-state index contributed by atoms with van der Waals surface area (Å²) in [5.74, 6) is -0.389. The Kier molecular flexibility index (Phi) is 6.63. The zero-order chi connectivity index (χ0) is 20.8. The molecule has 6 nitrogen and oxygen atoms in total. The molecule has 1 N–H and O–H groups in total. The lowest BCUT2D eigenvalue weighted by molar-refractivity contribution is -0.113. The number of anilines is 2. The van der Waals surface area contributed by atoms with Gasteiger partial charge in [0.15, 0.2) is 0 Å². The summed E-state index contributed by atoms with van der Waals surface area (Å²) in [6.45, 7) is 2.17. The molecule has 3 aromatic rings. The number of rotatable bonds is 6. The molecule has 1 amide bonds. The minimum absolute atomic E-state index is 0.0973. The van der Waals surface area contributed by atoms with E-state index in [9.17, 15) is 9.18 Å². The predicted molar refractivity (Wildman–Crippen MR) is 116 cm³/mol. The highest BCUT2D eigenvalue weighted by Crippen LogP contribution is 2.25. The van der Waals surface area contributed by atoms with Gasteiger partial charge < -0.3 is 14.6 Å². The van der Waals surface area contributed by atoms with Gasteiger partial charge in [-0.15, -0.1) is 10.2 Å². The van der Waals surface area contributed by atoms with Crippen LogP contribution >= 0.6 is 11.8 Å². The number of amides is 1. The molecule has 156 valence electrons. The molecule has 4 rings (SSSR count). The van der Waals surface area contributed by atoms with E-state index in [0.717, 1.165) is 30.5 Å². The van der Waals surface area contributed by atoms with E-state index in [-0.39, 0.29) is 28.3 Å². The topological polar surface area (TPSA) is 71.3 Å². The van der Waals surface area contributed by atoms with Gasteiger partial charge >= 0.3 is 0 Å². The molecule has 0 spiro atoms. The summed E-state index contributed by atoms with van der Waals surface area (Å²) in [5.41, 5.74) is 2.18. The van der Waals surface area contributed by atoms with Gasteiger partial charge in [0, 0.05) is 24.5 Å². The first kappa shape index (κ1) is 20.4. The molecular formula is C22H23FN4O2S. The van der Waals surface area contributed by atoms with E-state index in [1.165, 1.54) is 37.4 Å². The third-order valence-corrected chi connectivity index (χ3v) is 5.78. The van der Waals surface area contributed by atoms with Crippen molar-refractivity contribution in [3.63, 3.8) is 0 Å². The number of thioether (sulfide) groups is 1. The zero-order valence-corrected chi connectivity index (χ0v) is 17.3. The Bertz CT molecular complexity index is 985. The Morgan fingerprint density at radius 3 is 2.50 bits per heavy atom. The summed E-state index contributed by atoms with van der Waals surface area (Å²) >= 11 is 1.11. The summed E-state index contributed by atoms with van der Waals surface area (Å²) in [6.07, 6.45) is 5.04. The maximum atomic E-state index is 13.8. The van der Waals surface area contributed by atoms with Gasteiger partial charge in [-0.1, -0.05) is 36.7 Å². The molecule has 0 aliphatic carbocycles. The van der Waals surface area contributed by atoms with Gasteiger partial charge in [0.05, 0.1) is 11.3 Å². The van der Waals surface area contributed by atoms with Gasteiger partial charge in [-0.05, 0) is 49.2 Å². The van der Waals surface area contributed by atoms with Gasteiger partial charge in [0.1, 0.15) is 5.82 Å². The largest absolute Gasteiger partial charge is 0.411 e. The summed E-state index contributed by atoms with van der Waals surface area (Å²) in [4.78, 5) is 14.7. The van der Waals surface area contributed by atoms with Crippen LogP contribution in [0.2, 0.25) is 0 Å². The van der Waals surface area contributed by atoms with E-state index in [2.05, 4.69) is 20.4 Å². The van der Waals surface area contributed by atoms with E-state index in [0.29, 0.717) is 0 Å². The van der Waals surface area contributed by atoms with Crippen LogP contribution in [-0.2, 0) is 4.79 Å². The second-order valence-electron chi connectivity index (χ2n) is 7.14. The molecule has 30 heavy (non-hydrogen) atoms. The fraction of sp³-hybridized carbons (Fsp3) is 0.318. The van der Waals surface area contributed by atoms with Gasteiger partial charge in [0.2, 0.25) is 5.91 Å². The number of nitrogens with zero attached hydrogens (tertiary/aromatic N) is 3. The smallest absolute Gasteiger partial charge is 0.277 e. The number of halogens is 1. The van der Waals surface area contributed by atoms with Crippen LogP contribution in [0.15, 0.2) is 58.2 Å². The van der Waals surface area contributed by atoms with Crippen LogP contribution < -0.4 is 10.2 Å². The molecular weight excluding hydrogens is 403 g/mol. The third-order valence-electron chi connectivity index (χ3n) is 4.96. The van der Waals surface area contributed by atoms with Crippen molar-refractivity contribution in [2.24, 2.45) is 0 Å². The maximum absolute atomic E-state index is 13.8. The summed E-state index contributed by atoms with van der Waals surface area (Å²) < 4.78 is 19.3. The van der Waals surface area contributed by atoms with Crippen LogP contribution in [-0.4, -0.2) is 34.9 Å². The summed E-state index contributed by atoms with van der Waals surface area (Å²) in [5, 5.41) is 10.8. The average Bonchev–Trinajstić information content (AvgIpc) is 3.06. The number of carbonyl (C=O) groups is 1. The monoisotopic (exact) mass is 426 g/mol. The minimum atomic E-state index is -0.431. The van der Waals surface area contributed by atoms with Crippen LogP contribution in [0, 0.1) is 5.82 Å². The molecule has 1 aromatic heterocycles. The molecule has 0 radical (unpaired) electrons. The SMILES string of the molecule is O=C(CSc1nnc(-c2ccccc2F)o1)Nc1ccc(N2CCCCCC2)cc1. The Morgan fingerprint density at radius 2 is 1.77 bits per heavy atom. The maximum Gasteiger partial charge on any atom is 0.277 e. The highest BCUT2D eigenvalue weighted by molar-refractivity contribution is 7.99. The van der Waals surface area contributed by atoms with Crippen molar-refractivity contribution in [1.82, 2.24) is 10.2 Å². The number of nitrogens with one attached hydrogen (secondary N) is 1. The molecule has 1 aliphatic rings. The second-order valence-corrected chi connectivity index (χ2v) is 8.06. The van der Waals surface area contributed by atoms with Gasteiger partial charge in [-0.3, -0.25) is 4.79 Å². The summed E-state index contributed by atoms with van der Waals surface area (Å²) in [7, 11) is 0. The Labute approximate surface area is 178 Å².